The van der Waals surface area contributed by atoms with Crippen LogP contribution in [0, 0.1) is 0 Å². The monoisotopic (exact) mass is 308 g/mol. The third-order valence-corrected chi connectivity index (χ3v) is 3.43. The molecule has 0 aliphatic carbocycles. The van der Waals surface area contributed by atoms with Crippen molar-refractivity contribution < 1.29 is 9.90 Å². The molecule has 3 aromatic rings. The summed E-state index contributed by atoms with van der Waals surface area (Å²) in [5.41, 5.74) is 2.95. The Kier molecular flexibility index (Phi) is 3.80. The second kappa shape index (κ2) is 5.92. The number of aromatic hydroxyl groups is 1. The Morgan fingerprint density at radius 2 is 1.83 bits per heavy atom. The van der Waals surface area contributed by atoms with Crippen LogP contribution in [-0.2, 0) is 11.3 Å². The summed E-state index contributed by atoms with van der Waals surface area (Å²) in [6.07, 6.45) is 0. The van der Waals surface area contributed by atoms with Crippen molar-refractivity contribution in [3.8, 4) is 11.4 Å². The van der Waals surface area contributed by atoms with Crippen molar-refractivity contribution in [3.05, 3.63) is 60.2 Å². The van der Waals surface area contributed by atoms with Gasteiger partial charge in [0, 0.05) is 17.7 Å². The number of aromatic nitrogens is 3. The Hall–Kier alpha value is -3.15. The number of rotatable bonds is 4. The van der Waals surface area contributed by atoms with Gasteiger partial charge in [-0.15, -0.1) is 15.0 Å². The molecule has 0 saturated heterocycles. The molecule has 1 aromatic heterocycles. The molecule has 2 N–H and O–H groups in total. The lowest BCUT2D eigenvalue weighted by molar-refractivity contribution is -0.117. The molecule has 23 heavy (non-hydrogen) atoms. The van der Waals surface area contributed by atoms with Crippen LogP contribution in [0.3, 0.4) is 0 Å². The lowest BCUT2D eigenvalue weighted by atomic mass is 10.1. The number of para-hydroxylation sites is 1. The SMILES string of the molecule is C=C(C)C(=O)NCc1cccc(-n2nc3ccccc3n2)c1O. The van der Waals surface area contributed by atoms with E-state index < -0.39 is 0 Å². The van der Waals surface area contributed by atoms with Gasteiger partial charge < -0.3 is 10.4 Å². The lowest BCUT2D eigenvalue weighted by Gasteiger charge is -2.10. The first-order chi connectivity index (χ1) is 11.1. The van der Waals surface area contributed by atoms with Crippen molar-refractivity contribution in [2.45, 2.75) is 13.5 Å². The summed E-state index contributed by atoms with van der Waals surface area (Å²) >= 11 is 0. The standard InChI is InChI=1S/C17H16N4O2/c1-11(2)17(23)18-10-12-6-5-9-15(16(12)22)21-19-13-7-3-4-8-14(13)20-21/h3-9,22H,1,10H2,2H3,(H,18,23). The highest BCUT2D eigenvalue weighted by molar-refractivity contribution is 5.92. The normalized spacial score (nSPS) is 10.7. The summed E-state index contributed by atoms with van der Waals surface area (Å²) in [5, 5.41) is 21.8. The molecule has 0 radical (unpaired) electrons. The van der Waals surface area contributed by atoms with Crippen molar-refractivity contribution in [1.29, 1.82) is 0 Å². The van der Waals surface area contributed by atoms with Gasteiger partial charge in [-0.1, -0.05) is 30.8 Å². The molecular formula is C17H16N4O2. The van der Waals surface area contributed by atoms with Crippen LogP contribution in [0.4, 0.5) is 0 Å². The number of hydrogen-bond acceptors (Lipinski definition) is 4. The lowest BCUT2D eigenvalue weighted by Crippen LogP contribution is -2.23. The van der Waals surface area contributed by atoms with E-state index in [2.05, 4.69) is 22.1 Å². The third kappa shape index (κ3) is 2.91. The summed E-state index contributed by atoms with van der Waals surface area (Å²) in [5.74, 6) is -0.215. The van der Waals surface area contributed by atoms with Crippen molar-refractivity contribution in [1.82, 2.24) is 20.3 Å². The smallest absolute Gasteiger partial charge is 0.246 e. The highest BCUT2D eigenvalue weighted by atomic mass is 16.3. The molecule has 0 spiro atoms. The molecule has 2 aromatic carbocycles. The fourth-order valence-electron chi connectivity index (χ4n) is 2.18. The van der Waals surface area contributed by atoms with E-state index in [0.29, 0.717) is 16.8 Å². The molecular weight excluding hydrogens is 292 g/mol. The average molecular weight is 308 g/mol. The van der Waals surface area contributed by atoms with Crippen LogP contribution in [0.2, 0.25) is 0 Å². The van der Waals surface area contributed by atoms with Crippen LogP contribution < -0.4 is 5.32 Å². The number of hydrogen-bond donors (Lipinski definition) is 2. The molecule has 0 aliphatic heterocycles. The van der Waals surface area contributed by atoms with Gasteiger partial charge in [-0.25, -0.2) is 0 Å². The van der Waals surface area contributed by atoms with Crippen molar-refractivity contribution in [2.24, 2.45) is 0 Å². The fourth-order valence-corrected chi connectivity index (χ4v) is 2.18. The fraction of sp³-hybridized carbons (Fsp3) is 0.118. The van der Waals surface area contributed by atoms with Crippen molar-refractivity contribution in [2.75, 3.05) is 0 Å². The predicted octanol–water partition coefficient (Wildman–Crippen LogP) is 2.32. The molecule has 116 valence electrons. The minimum atomic E-state index is -0.252. The zero-order valence-corrected chi connectivity index (χ0v) is 12.7. The number of nitrogens with zero attached hydrogens (tertiary/aromatic N) is 3. The Morgan fingerprint density at radius 3 is 2.43 bits per heavy atom. The number of carbonyl (C=O) groups excluding carboxylic acids is 1. The van der Waals surface area contributed by atoms with E-state index in [0.717, 1.165) is 11.0 Å². The molecule has 6 nitrogen and oxygen atoms in total. The first-order valence-electron chi connectivity index (χ1n) is 7.13. The molecule has 1 heterocycles. The first kappa shape index (κ1) is 14.8. The minimum absolute atomic E-state index is 0.0369. The van der Waals surface area contributed by atoms with E-state index in [1.165, 1.54) is 4.80 Å². The molecule has 0 atom stereocenters. The van der Waals surface area contributed by atoms with Gasteiger partial charge in [0.25, 0.3) is 0 Å². The number of benzene rings is 2. The van der Waals surface area contributed by atoms with Gasteiger partial charge in [-0.05, 0) is 25.1 Å². The topological polar surface area (TPSA) is 80.0 Å². The number of carbonyl (C=O) groups is 1. The number of fused-ring (bicyclic) bond motifs is 1. The number of phenols is 1. The van der Waals surface area contributed by atoms with Gasteiger partial charge >= 0.3 is 0 Å². The van der Waals surface area contributed by atoms with Crippen LogP contribution in [0.1, 0.15) is 12.5 Å². The zero-order valence-electron chi connectivity index (χ0n) is 12.7. The van der Waals surface area contributed by atoms with E-state index in [4.69, 9.17) is 0 Å². The second-order valence-electron chi connectivity index (χ2n) is 5.23. The van der Waals surface area contributed by atoms with Crippen LogP contribution >= 0.6 is 0 Å². The highest BCUT2D eigenvalue weighted by Gasteiger charge is 2.12. The van der Waals surface area contributed by atoms with Gasteiger partial charge in [-0.3, -0.25) is 4.79 Å². The molecule has 0 bridgehead atoms. The number of nitrogens with one attached hydrogen (secondary N) is 1. The van der Waals surface area contributed by atoms with Gasteiger partial charge in [0.15, 0.2) is 0 Å². The highest BCUT2D eigenvalue weighted by Crippen LogP contribution is 2.26. The summed E-state index contributed by atoms with van der Waals surface area (Å²) in [4.78, 5) is 13.0. The van der Waals surface area contributed by atoms with E-state index in [1.807, 2.05) is 24.3 Å². The summed E-state index contributed by atoms with van der Waals surface area (Å²) in [6.45, 7) is 5.41. The maximum atomic E-state index is 11.6. The van der Waals surface area contributed by atoms with Gasteiger partial charge in [0.2, 0.25) is 5.91 Å². The Labute approximate surface area is 133 Å². The Morgan fingerprint density at radius 1 is 1.17 bits per heavy atom. The van der Waals surface area contributed by atoms with Crippen molar-refractivity contribution >= 4 is 16.9 Å². The van der Waals surface area contributed by atoms with E-state index in [9.17, 15) is 9.90 Å². The van der Waals surface area contributed by atoms with E-state index in [-0.39, 0.29) is 18.2 Å². The largest absolute Gasteiger partial charge is 0.505 e. The molecule has 0 saturated carbocycles. The molecule has 1 amide bonds. The van der Waals surface area contributed by atoms with Crippen LogP contribution in [0.25, 0.3) is 16.7 Å². The quantitative estimate of drug-likeness (QED) is 0.725. The number of amides is 1. The summed E-state index contributed by atoms with van der Waals surface area (Å²) in [7, 11) is 0. The Balaban J connectivity index is 1.93. The second-order valence-corrected chi connectivity index (χ2v) is 5.23. The molecule has 0 fully saturated rings. The van der Waals surface area contributed by atoms with Crippen molar-refractivity contribution in [3.63, 3.8) is 0 Å². The van der Waals surface area contributed by atoms with Gasteiger partial charge in [0.05, 0.1) is 0 Å². The summed E-state index contributed by atoms with van der Waals surface area (Å²) in [6, 6.07) is 12.7. The van der Waals surface area contributed by atoms with E-state index >= 15 is 0 Å². The zero-order chi connectivity index (χ0) is 16.4. The molecule has 0 unspecified atom stereocenters. The Bertz CT molecular complexity index is 865. The maximum absolute atomic E-state index is 11.6. The average Bonchev–Trinajstić information content (AvgIpc) is 2.97. The predicted molar refractivity (Wildman–Crippen MR) is 87.2 cm³/mol. The van der Waals surface area contributed by atoms with Gasteiger partial charge in [0.1, 0.15) is 22.5 Å². The van der Waals surface area contributed by atoms with Gasteiger partial charge in [-0.2, -0.15) is 0 Å². The molecule has 3 rings (SSSR count). The van der Waals surface area contributed by atoms with E-state index in [1.54, 1.807) is 25.1 Å². The third-order valence-electron chi connectivity index (χ3n) is 3.43. The maximum Gasteiger partial charge on any atom is 0.246 e. The van der Waals surface area contributed by atoms with Crippen LogP contribution in [0.5, 0.6) is 5.75 Å². The molecule has 6 heteroatoms. The van der Waals surface area contributed by atoms with Crippen LogP contribution in [-0.4, -0.2) is 26.0 Å². The van der Waals surface area contributed by atoms with Crippen LogP contribution in [0.15, 0.2) is 54.6 Å². The summed E-state index contributed by atoms with van der Waals surface area (Å²) < 4.78 is 0. The minimum Gasteiger partial charge on any atom is -0.505 e. The number of phenolic OH excluding ortho intramolecular Hbond substituents is 1. The molecule has 0 aliphatic rings. The first-order valence-corrected chi connectivity index (χ1v) is 7.13.